The third-order valence-corrected chi connectivity index (χ3v) is 4.87. The second-order valence-corrected chi connectivity index (χ2v) is 7.20. The van der Waals surface area contributed by atoms with E-state index in [-0.39, 0.29) is 6.42 Å². The van der Waals surface area contributed by atoms with Gasteiger partial charge in [-0.2, -0.15) is 0 Å². The van der Waals surface area contributed by atoms with E-state index < -0.39 is 30.1 Å². The molecular formula is C18H24Cl2O6. The Morgan fingerprint density at radius 3 is 2.23 bits per heavy atom. The summed E-state index contributed by atoms with van der Waals surface area (Å²) in [6, 6.07) is 5.40. The average molecular weight is 407 g/mol. The van der Waals surface area contributed by atoms with Crippen LogP contribution in [0.3, 0.4) is 0 Å². The fourth-order valence-corrected chi connectivity index (χ4v) is 3.22. The number of hydrogen-bond acceptors (Lipinski definition) is 4. The highest BCUT2D eigenvalue weighted by Crippen LogP contribution is 2.24. The molecule has 0 amide bonds. The van der Waals surface area contributed by atoms with Crippen molar-refractivity contribution in [3.05, 3.63) is 33.8 Å². The molecule has 0 aromatic heterocycles. The number of aliphatic hydroxyl groups excluding tert-OH is 1. The molecule has 2 atom stereocenters. The molecule has 8 heteroatoms. The summed E-state index contributed by atoms with van der Waals surface area (Å²) >= 11 is 12.0. The highest BCUT2D eigenvalue weighted by Gasteiger charge is 2.45. The molecule has 26 heavy (non-hydrogen) atoms. The van der Waals surface area contributed by atoms with E-state index in [4.69, 9.17) is 33.4 Å². The van der Waals surface area contributed by atoms with Crippen LogP contribution in [0.25, 0.3) is 0 Å². The molecule has 0 saturated heterocycles. The van der Waals surface area contributed by atoms with Crippen molar-refractivity contribution >= 4 is 35.1 Å². The Labute approximate surface area is 162 Å². The van der Waals surface area contributed by atoms with Crippen LogP contribution in [-0.4, -0.2) is 44.1 Å². The minimum atomic E-state index is -2.66. The van der Waals surface area contributed by atoms with Gasteiger partial charge in [0.2, 0.25) is 0 Å². The molecule has 0 aliphatic rings. The Morgan fingerprint density at radius 2 is 1.65 bits per heavy atom. The zero-order valence-electron chi connectivity index (χ0n) is 14.3. The average Bonchev–Trinajstić information content (AvgIpc) is 2.54. The summed E-state index contributed by atoms with van der Waals surface area (Å²) in [6.45, 7) is 0. The molecule has 0 unspecified atom stereocenters. The number of halogens is 2. The maximum atomic E-state index is 11.1. The fourth-order valence-electron chi connectivity index (χ4n) is 2.71. The molecule has 0 bridgehead atoms. The minimum Gasteiger partial charge on any atom is -0.481 e. The lowest BCUT2D eigenvalue weighted by Crippen LogP contribution is -2.51. The number of carbonyl (C=O) groups is 2. The normalized spacial score (nSPS) is 14.6. The smallest absolute Gasteiger partial charge is 0.339 e. The number of hydrogen-bond donors (Lipinski definition) is 4. The van der Waals surface area contributed by atoms with Crippen LogP contribution in [-0.2, 0) is 16.0 Å². The molecule has 0 aliphatic heterocycles. The summed E-state index contributed by atoms with van der Waals surface area (Å²) < 4.78 is 0. The van der Waals surface area contributed by atoms with Crippen molar-refractivity contribution in [1.29, 1.82) is 0 Å². The Kier molecular flexibility index (Phi) is 9.36. The summed E-state index contributed by atoms with van der Waals surface area (Å²) in [6.07, 6.45) is 2.19. The van der Waals surface area contributed by atoms with Gasteiger partial charge >= 0.3 is 11.9 Å². The van der Waals surface area contributed by atoms with Gasteiger partial charge in [-0.05, 0) is 37.0 Å². The van der Waals surface area contributed by atoms with Gasteiger partial charge in [-0.3, -0.25) is 4.79 Å². The molecule has 0 fully saturated rings. The van der Waals surface area contributed by atoms with E-state index in [0.29, 0.717) is 16.5 Å². The van der Waals surface area contributed by atoms with Crippen molar-refractivity contribution in [2.75, 3.05) is 0 Å². The predicted octanol–water partition coefficient (Wildman–Crippen LogP) is 3.53. The van der Waals surface area contributed by atoms with Gasteiger partial charge in [0.15, 0.2) is 5.60 Å². The molecule has 146 valence electrons. The zero-order chi connectivity index (χ0) is 19.7. The van der Waals surface area contributed by atoms with Crippen molar-refractivity contribution in [2.45, 2.75) is 63.1 Å². The number of aryl methyl sites for hydroxylation is 1. The van der Waals surface area contributed by atoms with Gasteiger partial charge < -0.3 is 20.4 Å². The van der Waals surface area contributed by atoms with Crippen LogP contribution in [0.5, 0.6) is 0 Å². The van der Waals surface area contributed by atoms with Gasteiger partial charge in [0.05, 0.1) is 12.5 Å². The predicted molar refractivity (Wildman–Crippen MR) is 98.7 cm³/mol. The first-order valence-electron chi connectivity index (χ1n) is 8.46. The molecular weight excluding hydrogens is 383 g/mol. The maximum Gasteiger partial charge on any atom is 0.339 e. The van der Waals surface area contributed by atoms with E-state index in [1.165, 1.54) is 0 Å². The number of benzene rings is 1. The van der Waals surface area contributed by atoms with Crippen LogP contribution >= 0.6 is 23.2 Å². The molecule has 0 radical (unpaired) electrons. The highest BCUT2D eigenvalue weighted by atomic mass is 35.5. The van der Waals surface area contributed by atoms with Crippen molar-refractivity contribution < 1.29 is 30.0 Å². The van der Waals surface area contributed by atoms with E-state index in [1.54, 1.807) is 12.1 Å². The largest absolute Gasteiger partial charge is 0.481 e. The lowest BCUT2D eigenvalue weighted by Gasteiger charge is -2.27. The second-order valence-electron chi connectivity index (χ2n) is 6.36. The Balaban J connectivity index is 2.27. The minimum absolute atomic E-state index is 0.0269. The number of carboxylic acid groups (broad SMARTS) is 2. The molecule has 1 rings (SSSR count). The van der Waals surface area contributed by atoms with Crippen LogP contribution in [0.1, 0.15) is 50.5 Å². The fraction of sp³-hybridized carbons (Fsp3) is 0.556. The van der Waals surface area contributed by atoms with Gasteiger partial charge in [0.25, 0.3) is 0 Å². The third kappa shape index (κ3) is 7.11. The molecule has 4 N–H and O–H groups in total. The van der Waals surface area contributed by atoms with Crippen LogP contribution < -0.4 is 0 Å². The first-order chi connectivity index (χ1) is 12.2. The molecule has 1 aromatic carbocycles. The molecule has 0 heterocycles. The Morgan fingerprint density at radius 1 is 1.04 bits per heavy atom. The van der Waals surface area contributed by atoms with E-state index >= 15 is 0 Å². The standard InChI is InChI=1S/C18H24Cl2O6/c19-13-9-8-12(14(20)10-13)6-4-2-1-3-5-7-15(21)18(26,17(24)25)11-16(22)23/h8-10,15,21,26H,1-7,11H2,(H,22,23)(H,24,25)/t15-,18+/m0/s1. The van der Waals surface area contributed by atoms with Crippen LogP contribution in [0.2, 0.25) is 10.0 Å². The van der Waals surface area contributed by atoms with E-state index in [2.05, 4.69) is 0 Å². The topological polar surface area (TPSA) is 115 Å². The molecule has 0 aliphatic carbocycles. The first-order valence-corrected chi connectivity index (χ1v) is 9.22. The summed E-state index contributed by atoms with van der Waals surface area (Å²) in [5, 5.41) is 38.7. The SMILES string of the molecule is O=C(O)C[C@](O)(C(=O)O)[C@@H](O)CCCCCCCc1ccc(Cl)cc1Cl. The van der Waals surface area contributed by atoms with Gasteiger partial charge in [0.1, 0.15) is 0 Å². The molecule has 1 aromatic rings. The van der Waals surface area contributed by atoms with Crippen LogP contribution in [0.15, 0.2) is 18.2 Å². The lowest BCUT2D eigenvalue weighted by atomic mass is 9.89. The summed E-state index contributed by atoms with van der Waals surface area (Å²) in [4.78, 5) is 21.7. The number of carboxylic acids is 2. The summed E-state index contributed by atoms with van der Waals surface area (Å²) in [7, 11) is 0. The highest BCUT2D eigenvalue weighted by molar-refractivity contribution is 6.35. The number of aliphatic carboxylic acids is 2. The molecule has 6 nitrogen and oxygen atoms in total. The summed E-state index contributed by atoms with van der Waals surface area (Å²) in [5.41, 5.74) is -1.62. The summed E-state index contributed by atoms with van der Waals surface area (Å²) in [5.74, 6) is -3.21. The van der Waals surface area contributed by atoms with Gasteiger partial charge in [-0.25, -0.2) is 4.79 Å². The van der Waals surface area contributed by atoms with Gasteiger partial charge in [0, 0.05) is 10.0 Å². The first kappa shape index (κ1) is 22.7. The van der Waals surface area contributed by atoms with Gasteiger partial charge in [-0.1, -0.05) is 55.0 Å². The Bertz CT molecular complexity index is 622. The van der Waals surface area contributed by atoms with E-state index in [0.717, 1.165) is 37.7 Å². The van der Waals surface area contributed by atoms with Crippen LogP contribution in [0, 0.1) is 0 Å². The number of rotatable bonds is 12. The number of unbranched alkanes of at least 4 members (excludes halogenated alkanes) is 4. The molecule has 0 saturated carbocycles. The van der Waals surface area contributed by atoms with E-state index in [9.17, 15) is 19.8 Å². The zero-order valence-corrected chi connectivity index (χ0v) is 15.8. The van der Waals surface area contributed by atoms with Gasteiger partial charge in [-0.15, -0.1) is 0 Å². The molecule has 0 spiro atoms. The van der Waals surface area contributed by atoms with Crippen molar-refractivity contribution in [3.8, 4) is 0 Å². The lowest BCUT2D eigenvalue weighted by molar-refractivity contribution is -0.179. The van der Waals surface area contributed by atoms with E-state index in [1.807, 2.05) is 6.07 Å². The third-order valence-electron chi connectivity index (χ3n) is 4.28. The maximum absolute atomic E-state index is 11.1. The van der Waals surface area contributed by atoms with Crippen molar-refractivity contribution in [1.82, 2.24) is 0 Å². The quantitative estimate of drug-likeness (QED) is 0.394. The monoisotopic (exact) mass is 406 g/mol. The van der Waals surface area contributed by atoms with Crippen molar-refractivity contribution in [2.24, 2.45) is 0 Å². The Hall–Kier alpha value is -1.34. The van der Waals surface area contributed by atoms with Crippen molar-refractivity contribution in [3.63, 3.8) is 0 Å². The van der Waals surface area contributed by atoms with Crippen LogP contribution in [0.4, 0.5) is 0 Å². The number of aliphatic hydroxyl groups is 2. The second kappa shape index (κ2) is 10.7.